The summed E-state index contributed by atoms with van der Waals surface area (Å²) in [5.74, 6) is -3.14. The van der Waals surface area contributed by atoms with Crippen molar-refractivity contribution in [2.24, 2.45) is 11.8 Å². The van der Waals surface area contributed by atoms with Gasteiger partial charge in [0.05, 0.1) is 18.2 Å². The number of thioether (sulfide) groups is 1. The molecule has 13 heteroatoms. The van der Waals surface area contributed by atoms with Gasteiger partial charge in [-0.15, -0.1) is 0 Å². The fraction of sp³-hybridized carbons (Fsp3) is 0.458. The summed E-state index contributed by atoms with van der Waals surface area (Å²) in [6, 6.07) is 9.50. The molecule has 0 spiro atoms. The van der Waals surface area contributed by atoms with Gasteiger partial charge in [-0.05, 0) is 65.4 Å². The van der Waals surface area contributed by atoms with Gasteiger partial charge in [0.2, 0.25) is 5.91 Å². The van der Waals surface area contributed by atoms with E-state index >= 15 is 0 Å². The first-order valence-electron chi connectivity index (χ1n) is 11.7. The summed E-state index contributed by atoms with van der Waals surface area (Å²) in [5.41, 5.74) is 0.437. The van der Waals surface area contributed by atoms with E-state index in [0.29, 0.717) is 24.7 Å². The van der Waals surface area contributed by atoms with E-state index in [2.05, 4.69) is 14.8 Å². The molecule has 0 bridgehead atoms. The third-order valence-electron chi connectivity index (χ3n) is 5.66. The van der Waals surface area contributed by atoms with Gasteiger partial charge in [-0.3, -0.25) is 9.52 Å². The van der Waals surface area contributed by atoms with Crippen molar-refractivity contribution in [1.82, 2.24) is 0 Å². The molecule has 1 aliphatic heterocycles. The minimum atomic E-state index is -4.17. The lowest BCUT2D eigenvalue weighted by atomic mass is 9.86. The van der Waals surface area contributed by atoms with Crippen molar-refractivity contribution in [3.8, 4) is 11.5 Å². The lowest BCUT2D eigenvalue weighted by Gasteiger charge is -2.29. The van der Waals surface area contributed by atoms with E-state index in [9.17, 15) is 22.0 Å². The number of amides is 1. The molecule has 2 unspecified atom stereocenters. The van der Waals surface area contributed by atoms with Crippen LogP contribution in [-0.2, 0) is 19.6 Å². The first-order valence-corrected chi connectivity index (χ1v) is 15.1. The number of halogens is 2. The van der Waals surface area contributed by atoms with Crippen LogP contribution >= 0.6 is 21.0 Å². The number of anilines is 2. The molecule has 1 saturated heterocycles. The molecule has 0 aliphatic carbocycles. The van der Waals surface area contributed by atoms with Crippen LogP contribution in [0.5, 0.6) is 11.5 Å². The smallest absolute Gasteiger partial charge is 0.408 e. The fourth-order valence-corrected chi connectivity index (χ4v) is 6.12. The zero-order valence-corrected chi connectivity index (χ0v) is 23.3. The van der Waals surface area contributed by atoms with Crippen LogP contribution < -0.4 is 19.5 Å². The Hall–Kier alpha value is -2.14. The molecule has 2 atom stereocenters. The number of alkyl halides is 2. The molecule has 1 heterocycles. The van der Waals surface area contributed by atoms with Gasteiger partial charge in [-0.25, -0.2) is 8.42 Å². The highest BCUT2D eigenvalue weighted by Crippen LogP contribution is 2.33. The fourth-order valence-electron chi connectivity index (χ4n) is 4.03. The highest BCUT2D eigenvalue weighted by atomic mass is 32.2. The van der Waals surface area contributed by atoms with Crippen molar-refractivity contribution >= 4 is 48.3 Å². The van der Waals surface area contributed by atoms with Crippen LogP contribution in [0.15, 0.2) is 47.4 Å². The van der Waals surface area contributed by atoms with Gasteiger partial charge in [0.25, 0.3) is 10.0 Å². The van der Waals surface area contributed by atoms with Crippen LogP contribution in [0, 0.1) is 11.8 Å². The summed E-state index contributed by atoms with van der Waals surface area (Å²) in [5, 5.41) is 2.90. The number of rotatable bonds is 12. The molecule has 1 aliphatic rings. The molecular weight excluding hydrogens is 545 g/mol. The average Bonchev–Trinajstić information content (AvgIpc) is 2.82. The number of carbonyl (C=O) groups is 1. The Bertz CT molecular complexity index is 1170. The Morgan fingerprint density at radius 1 is 1.22 bits per heavy atom. The molecule has 0 saturated carbocycles. The number of nitrogens with one attached hydrogen (secondary N) is 2. The maximum Gasteiger partial charge on any atom is 0.408 e. The second-order valence-electron chi connectivity index (χ2n) is 8.39. The van der Waals surface area contributed by atoms with Gasteiger partial charge in [-0.2, -0.15) is 20.5 Å². The summed E-state index contributed by atoms with van der Waals surface area (Å²) in [4.78, 5) is 13.0. The zero-order chi connectivity index (χ0) is 27.1. The Balaban J connectivity index is 1.81. The maximum atomic E-state index is 13.2. The highest BCUT2D eigenvalue weighted by Gasteiger charge is 2.30. The third-order valence-corrected chi connectivity index (χ3v) is 7.89. The number of sulfonamides is 1. The van der Waals surface area contributed by atoms with Gasteiger partial charge in [0.15, 0.2) is 0 Å². The molecule has 2 N–H and O–H groups in total. The lowest BCUT2D eigenvalue weighted by Crippen LogP contribution is -2.34. The summed E-state index contributed by atoms with van der Waals surface area (Å²) in [6.07, 6.45) is 3.58. The molecule has 204 valence electrons. The minimum absolute atomic E-state index is 0.0305. The van der Waals surface area contributed by atoms with Gasteiger partial charge in [0.1, 0.15) is 16.4 Å². The van der Waals surface area contributed by atoms with Crippen molar-refractivity contribution in [3.05, 3.63) is 42.5 Å². The van der Waals surface area contributed by atoms with Crippen molar-refractivity contribution in [2.75, 3.05) is 41.9 Å². The van der Waals surface area contributed by atoms with Crippen molar-refractivity contribution < 1.29 is 36.2 Å². The maximum absolute atomic E-state index is 13.2. The number of hydrogen-bond acceptors (Lipinski definition) is 7. The van der Waals surface area contributed by atoms with E-state index in [4.69, 9.17) is 9.47 Å². The quantitative estimate of drug-likeness (QED) is 0.342. The zero-order valence-electron chi connectivity index (χ0n) is 20.5. The number of carbonyl (C=O) groups excluding carboxylic acids is 1. The van der Waals surface area contributed by atoms with Crippen LogP contribution in [0.2, 0.25) is 0 Å². The number of benzene rings is 2. The molecular formula is C24H31F2N2O6PS2. The van der Waals surface area contributed by atoms with Crippen LogP contribution in [0.3, 0.4) is 0 Å². The Morgan fingerprint density at radius 3 is 2.59 bits per heavy atom. The molecule has 2 aromatic carbocycles. The van der Waals surface area contributed by atoms with Gasteiger partial charge in [0, 0.05) is 36.8 Å². The molecule has 1 amide bonds. The van der Waals surface area contributed by atoms with Crippen molar-refractivity contribution in [2.45, 2.75) is 30.5 Å². The summed E-state index contributed by atoms with van der Waals surface area (Å²) in [6.45, 7) is 3.15. The average molecular weight is 577 g/mol. The molecule has 8 nitrogen and oxygen atoms in total. The second-order valence-corrected chi connectivity index (χ2v) is 11.6. The SMILES string of the molecule is CCOc1cc(NC(=O)C(CSC)C2CCOCC2)ccc1S(=O)(=O)Nc1cccc(OC(F)(F)P)c1. The largest absolute Gasteiger partial charge is 0.492 e. The van der Waals surface area contributed by atoms with E-state index < -0.39 is 15.9 Å². The Kier molecular flexibility index (Phi) is 10.4. The summed E-state index contributed by atoms with van der Waals surface area (Å²) in [7, 11) is -2.92. The van der Waals surface area contributed by atoms with Gasteiger partial charge >= 0.3 is 5.85 Å². The minimum Gasteiger partial charge on any atom is -0.492 e. The predicted molar refractivity (Wildman–Crippen MR) is 144 cm³/mol. The normalized spacial score (nSPS) is 15.6. The molecule has 2 aromatic rings. The lowest BCUT2D eigenvalue weighted by molar-refractivity contribution is -0.121. The van der Waals surface area contributed by atoms with Gasteiger partial charge < -0.3 is 19.5 Å². The van der Waals surface area contributed by atoms with E-state index in [1.54, 1.807) is 18.7 Å². The summed E-state index contributed by atoms with van der Waals surface area (Å²) < 4.78 is 70.4. The monoisotopic (exact) mass is 576 g/mol. The van der Waals surface area contributed by atoms with Gasteiger partial charge in [-0.1, -0.05) is 6.07 Å². The van der Waals surface area contributed by atoms with Crippen molar-refractivity contribution in [1.29, 1.82) is 0 Å². The van der Waals surface area contributed by atoms with Crippen LogP contribution in [-0.4, -0.2) is 52.0 Å². The predicted octanol–water partition coefficient (Wildman–Crippen LogP) is 5.03. The molecule has 37 heavy (non-hydrogen) atoms. The Morgan fingerprint density at radius 2 is 1.95 bits per heavy atom. The third kappa shape index (κ3) is 8.70. The molecule has 1 fully saturated rings. The van der Waals surface area contributed by atoms with Crippen LogP contribution in [0.1, 0.15) is 19.8 Å². The Labute approximate surface area is 222 Å². The second kappa shape index (κ2) is 13.1. The van der Waals surface area contributed by atoms with Crippen LogP contribution in [0.4, 0.5) is 20.2 Å². The molecule has 0 radical (unpaired) electrons. The number of ether oxygens (including phenoxy) is 3. The topological polar surface area (TPSA) is 103 Å². The van der Waals surface area contributed by atoms with E-state index in [1.165, 1.54) is 45.6 Å². The first-order chi connectivity index (χ1) is 17.5. The van der Waals surface area contributed by atoms with E-state index in [0.717, 1.165) is 18.9 Å². The molecule has 0 aromatic heterocycles. The van der Waals surface area contributed by atoms with E-state index in [1.807, 2.05) is 6.26 Å². The highest BCUT2D eigenvalue weighted by molar-refractivity contribution is 7.98. The van der Waals surface area contributed by atoms with Crippen LogP contribution in [0.25, 0.3) is 0 Å². The number of hydrogen-bond donors (Lipinski definition) is 2. The van der Waals surface area contributed by atoms with Crippen molar-refractivity contribution in [3.63, 3.8) is 0 Å². The summed E-state index contributed by atoms with van der Waals surface area (Å²) >= 11 is 1.60. The standard InChI is InChI=1S/C24H31F2N2O6PS2/c1-3-33-21-14-17(27-23(29)20(15-36-2)16-9-11-32-12-10-16)7-8-22(21)37(30,31)28-18-5-4-6-19(13-18)34-24(25,26)35/h4-8,13-14,16,20,28H,3,9-12,15,35H2,1-2H3,(H,27,29). The van der Waals surface area contributed by atoms with E-state index in [-0.39, 0.29) is 46.4 Å². The molecule has 3 rings (SSSR count). The first kappa shape index (κ1) is 29.4.